The van der Waals surface area contributed by atoms with Gasteiger partial charge in [-0.2, -0.15) is 0 Å². The fourth-order valence-corrected chi connectivity index (χ4v) is 2.22. The molecule has 0 aliphatic carbocycles. The maximum absolute atomic E-state index is 10.2. The van der Waals surface area contributed by atoms with Crippen LogP contribution in [0.4, 0.5) is 4.79 Å². The Morgan fingerprint density at radius 3 is 2.54 bits per heavy atom. The summed E-state index contributed by atoms with van der Waals surface area (Å²) in [4.78, 5) is 10.2. The van der Waals surface area contributed by atoms with Crippen LogP contribution in [0.1, 0.15) is 6.42 Å². The van der Waals surface area contributed by atoms with E-state index in [1.165, 1.54) is 0 Å². The third-order valence-electron chi connectivity index (χ3n) is 1.60. The maximum atomic E-state index is 10.2. The number of hydrogen-bond donors (Lipinski definition) is 1. The zero-order valence-corrected chi connectivity index (χ0v) is 9.53. The summed E-state index contributed by atoms with van der Waals surface area (Å²) in [5, 5.41) is 0. The second-order valence-electron chi connectivity index (χ2n) is 2.56. The van der Waals surface area contributed by atoms with Crippen molar-refractivity contribution >= 4 is 15.6 Å². The van der Waals surface area contributed by atoms with Crippen LogP contribution in [0.5, 0.6) is 0 Å². The second kappa shape index (κ2) is 8.03. The number of ether oxygens (including phenoxy) is 3. The molecule has 0 aromatic rings. The first-order valence-corrected chi connectivity index (χ1v) is 6.00. The molecular formula is C7H17NO4Si. The van der Waals surface area contributed by atoms with Gasteiger partial charge in [-0.3, -0.25) is 0 Å². The van der Waals surface area contributed by atoms with Gasteiger partial charge in [0.25, 0.3) is 0 Å². The maximum Gasteiger partial charge on any atom is 0.404 e. The SMILES string of the molecule is COC(OC)[SiH2]CCCOC(N)=O. The Labute approximate surface area is 80.3 Å². The number of amides is 1. The van der Waals surface area contributed by atoms with Gasteiger partial charge in [0.2, 0.25) is 0 Å². The lowest BCUT2D eigenvalue weighted by atomic mass is 10.5. The first-order chi connectivity index (χ1) is 6.20. The van der Waals surface area contributed by atoms with Crippen molar-refractivity contribution in [2.45, 2.75) is 18.4 Å². The van der Waals surface area contributed by atoms with Gasteiger partial charge < -0.3 is 19.9 Å². The van der Waals surface area contributed by atoms with E-state index in [9.17, 15) is 4.79 Å². The molecule has 0 atom stereocenters. The van der Waals surface area contributed by atoms with Crippen molar-refractivity contribution < 1.29 is 19.0 Å². The molecule has 0 rings (SSSR count). The fraction of sp³-hybridized carbons (Fsp3) is 0.857. The second-order valence-corrected chi connectivity index (χ2v) is 4.52. The number of methoxy groups -OCH3 is 2. The van der Waals surface area contributed by atoms with Crippen LogP contribution in [0.25, 0.3) is 0 Å². The standard InChI is InChI=1S/C7H17NO4Si/c1-10-7(11-2)13-5-3-4-12-6(8)9/h7H,3-5,13H2,1-2H3,(H2,8,9). The van der Waals surface area contributed by atoms with Gasteiger partial charge in [-0.1, -0.05) is 6.04 Å². The van der Waals surface area contributed by atoms with Crippen LogP contribution < -0.4 is 5.73 Å². The highest BCUT2D eigenvalue weighted by atomic mass is 28.2. The highest BCUT2D eigenvalue weighted by Crippen LogP contribution is 1.96. The van der Waals surface area contributed by atoms with Gasteiger partial charge in [-0.25, -0.2) is 4.79 Å². The number of carbonyl (C=O) groups excluding carboxylic acids is 1. The van der Waals surface area contributed by atoms with Crippen molar-refractivity contribution in [2.24, 2.45) is 5.73 Å². The molecule has 0 spiro atoms. The van der Waals surface area contributed by atoms with Crippen molar-refractivity contribution in [1.82, 2.24) is 0 Å². The van der Waals surface area contributed by atoms with E-state index in [2.05, 4.69) is 4.74 Å². The smallest absolute Gasteiger partial charge is 0.404 e. The fourth-order valence-electron chi connectivity index (χ4n) is 0.918. The summed E-state index contributed by atoms with van der Waals surface area (Å²) in [5.74, 6) is -0.0337. The van der Waals surface area contributed by atoms with Crippen LogP contribution in [0.2, 0.25) is 6.04 Å². The van der Waals surface area contributed by atoms with Gasteiger partial charge in [0.15, 0.2) is 0 Å². The average Bonchev–Trinajstić information content (AvgIpc) is 2.11. The number of rotatable bonds is 7. The zero-order valence-electron chi connectivity index (χ0n) is 8.12. The third-order valence-corrected chi connectivity index (χ3v) is 3.65. The Bertz CT molecular complexity index is 140. The largest absolute Gasteiger partial charge is 0.450 e. The van der Waals surface area contributed by atoms with Crippen LogP contribution in [-0.2, 0) is 14.2 Å². The summed E-state index contributed by atoms with van der Waals surface area (Å²) in [6.07, 6.45) is 0.120. The molecule has 0 bridgehead atoms. The minimum atomic E-state index is -0.711. The molecule has 0 fully saturated rings. The predicted octanol–water partition coefficient (Wildman–Crippen LogP) is -0.365. The average molecular weight is 207 g/mol. The van der Waals surface area contributed by atoms with Crippen LogP contribution in [0.3, 0.4) is 0 Å². The van der Waals surface area contributed by atoms with E-state index >= 15 is 0 Å². The highest BCUT2D eigenvalue weighted by molar-refractivity contribution is 6.36. The van der Waals surface area contributed by atoms with Crippen molar-refractivity contribution in [2.75, 3.05) is 20.8 Å². The topological polar surface area (TPSA) is 70.8 Å². The summed E-state index contributed by atoms with van der Waals surface area (Å²) in [6.45, 7) is 0.391. The number of primary amides is 1. The van der Waals surface area contributed by atoms with Crippen molar-refractivity contribution in [3.05, 3.63) is 0 Å². The molecule has 0 aliphatic rings. The van der Waals surface area contributed by atoms with E-state index in [-0.39, 0.29) is 5.91 Å². The Kier molecular flexibility index (Phi) is 7.66. The molecule has 0 aromatic carbocycles. The van der Waals surface area contributed by atoms with Crippen molar-refractivity contribution in [3.63, 3.8) is 0 Å². The molecule has 0 aliphatic heterocycles. The van der Waals surface area contributed by atoms with E-state index in [1.807, 2.05) is 0 Å². The Morgan fingerprint density at radius 2 is 2.08 bits per heavy atom. The van der Waals surface area contributed by atoms with E-state index in [4.69, 9.17) is 15.2 Å². The molecule has 13 heavy (non-hydrogen) atoms. The molecule has 2 N–H and O–H groups in total. The molecular weight excluding hydrogens is 190 g/mol. The quantitative estimate of drug-likeness (QED) is 0.351. The van der Waals surface area contributed by atoms with Gasteiger partial charge in [0, 0.05) is 14.2 Å². The minimum Gasteiger partial charge on any atom is -0.450 e. The van der Waals surface area contributed by atoms with Gasteiger partial charge >= 0.3 is 6.09 Å². The van der Waals surface area contributed by atoms with E-state index < -0.39 is 15.6 Å². The van der Waals surface area contributed by atoms with Crippen LogP contribution in [0, 0.1) is 0 Å². The molecule has 6 heteroatoms. The Balaban J connectivity index is 3.19. The van der Waals surface area contributed by atoms with Gasteiger partial charge in [0.1, 0.15) is 5.91 Å². The molecule has 0 heterocycles. The van der Waals surface area contributed by atoms with Gasteiger partial charge in [0.05, 0.1) is 16.1 Å². The van der Waals surface area contributed by atoms with Crippen molar-refractivity contribution in [3.8, 4) is 0 Å². The lowest BCUT2D eigenvalue weighted by Crippen LogP contribution is -2.21. The van der Waals surface area contributed by atoms with E-state index in [0.717, 1.165) is 12.5 Å². The summed E-state index contributed by atoms with van der Waals surface area (Å²) < 4.78 is 14.6. The number of hydrogen-bond acceptors (Lipinski definition) is 4. The summed E-state index contributed by atoms with van der Waals surface area (Å²) in [6, 6.07) is 1.01. The Morgan fingerprint density at radius 1 is 1.46 bits per heavy atom. The molecule has 0 radical (unpaired) electrons. The molecule has 0 saturated carbocycles. The molecule has 0 unspecified atom stereocenters. The first-order valence-electron chi connectivity index (χ1n) is 4.18. The molecule has 78 valence electrons. The summed E-state index contributed by atoms with van der Waals surface area (Å²) in [7, 11) is 2.86. The van der Waals surface area contributed by atoms with Crippen LogP contribution in [-0.4, -0.2) is 42.4 Å². The van der Waals surface area contributed by atoms with Crippen LogP contribution in [0.15, 0.2) is 0 Å². The monoisotopic (exact) mass is 207 g/mol. The van der Waals surface area contributed by atoms with Gasteiger partial charge in [-0.05, 0) is 6.42 Å². The molecule has 5 nitrogen and oxygen atoms in total. The highest BCUT2D eigenvalue weighted by Gasteiger charge is 2.04. The minimum absolute atomic E-state index is 0.0337. The van der Waals surface area contributed by atoms with Crippen molar-refractivity contribution in [1.29, 1.82) is 0 Å². The van der Waals surface area contributed by atoms with Crippen LogP contribution >= 0.6 is 0 Å². The molecule has 0 aromatic heterocycles. The normalized spacial score (nSPS) is 11.3. The summed E-state index contributed by atoms with van der Waals surface area (Å²) >= 11 is 0. The summed E-state index contributed by atoms with van der Waals surface area (Å²) in [5.41, 5.74) is 4.79. The molecule has 0 saturated heterocycles. The number of nitrogens with two attached hydrogens (primary N) is 1. The lowest BCUT2D eigenvalue weighted by Gasteiger charge is -2.11. The Hall–Kier alpha value is -0.593. The van der Waals surface area contributed by atoms with E-state index in [0.29, 0.717) is 6.61 Å². The zero-order chi connectivity index (χ0) is 10.1. The third kappa shape index (κ3) is 7.76. The van der Waals surface area contributed by atoms with Gasteiger partial charge in [-0.15, -0.1) is 0 Å². The first kappa shape index (κ1) is 12.4. The number of carbonyl (C=O) groups is 1. The molecule has 1 amide bonds. The lowest BCUT2D eigenvalue weighted by molar-refractivity contribution is -0.0441. The van der Waals surface area contributed by atoms with E-state index in [1.54, 1.807) is 14.2 Å². The predicted molar refractivity (Wildman–Crippen MR) is 51.3 cm³/mol.